The number of hydrogen-bond donors (Lipinski definition) is 1. The molecule has 1 saturated heterocycles. The molecular formula is C22H22N2O4. The molecule has 0 spiro atoms. The van der Waals surface area contributed by atoms with Crippen LogP contribution in [0, 0.1) is 18.8 Å². The SMILES string of the molecule is CCOC(=O)c1nc(-c2cccc(C#C[C@]3(O)CCN(C)C3=O)c2)ccc1C. The Labute approximate surface area is 164 Å². The Morgan fingerprint density at radius 3 is 2.82 bits per heavy atom. The summed E-state index contributed by atoms with van der Waals surface area (Å²) >= 11 is 0. The lowest BCUT2D eigenvalue weighted by atomic mass is 10.0. The number of esters is 1. The molecule has 0 unspecified atom stereocenters. The molecule has 1 aromatic heterocycles. The number of benzene rings is 1. The van der Waals surface area contributed by atoms with Crippen LogP contribution in [0.4, 0.5) is 0 Å². The molecule has 1 aromatic carbocycles. The van der Waals surface area contributed by atoms with E-state index in [1.807, 2.05) is 30.3 Å². The third kappa shape index (κ3) is 3.90. The molecule has 1 fully saturated rings. The van der Waals surface area contributed by atoms with Crippen molar-refractivity contribution in [3.05, 3.63) is 53.2 Å². The van der Waals surface area contributed by atoms with Crippen molar-refractivity contribution in [3.8, 4) is 23.1 Å². The predicted octanol–water partition coefficient (Wildman–Crippen LogP) is 2.18. The van der Waals surface area contributed by atoms with Crippen LogP contribution in [-0.2, 0) is 9.53 Å². The van der Waals surface area contributed by atoms with Gasteiger partial charge in [0, 0.05) is 31.1 Å². The largest absolute Gasteiger partial charge is 0.461 e. The van der Waals surface area contributed by atoms with E-state index in [2.05, 4.69) is 16.8 Å². The fourth-order valence-electron chi connectivity index (χ4n) is 3.00. The van der Waals surface area contributed by atoms with E-state index < -0.39 is 11.6 Å². The molecule has 0 radical (unpaired) electrons. The molecule has 2 aromatic rings. The van der Waals surface area contributed by atoms with Crippen LogP contribution in [0.25, 0.3) is 11.3 Å². The monoisotopic (exact) mass is 378 g/mol. The summed E-state index contributed by atoms with van der Waals surface area (Å²) in [4.78, 5) is 30.0. The summed E-state index contributed by atoms with van der Waals surface area (Å²) < 4.78 is 5.06. The summed E-state index contributed by atoms with van der Waals surface area (Å²) in [7, 11) is 1.65. The number of amides is 1. The van der Waals surface area contributed by atoms with Crippen molar-refractivity contribution >= 4 is 11.9 Å². The fourth-order valence-corrected chi connectivity index (χ4v) is 3.00. The van der Waals surface area contributed by atoms with Gasteiger partial charge in [-0.3, -0.25) is 4.79 Å². The van der Waals surface area contributed by atoms with Crippen LogP contribution in [0.2, 0.25) is 0 Å². The third-order valence-electron chi connectivity index (χ3n) is 4.65. The quantitative estimate of drug-likeness (QED) is 0.654. The van der Waals surface area contributed by atoms with Crippen molar-refractivity contribution in [2.24, 2.45) is 0 Å². The Morgan fingerprint density at radius 2 is 2.14 bits per heavy atom. The molecule has 6 heteroatoms. The van der Waals surface area contributed by atoms with E-state index in [1.54, 1.807) is 27.0 Å². The molecule has 3 rings (SSSR count). The third-order valence-corrected chi connectivity index (χ3v) is 4.65. The summed E-state index contributed by atoms with van der Waals surface area (Å²) in [5, 5.41) is 10.4. The van der Waals surface area contributed by atoms with Gasteiger partial charge in [-0.05, 0) is 37.6 Å². The van der Waals surface area contributed by atoms with Gasteiger partial charge in [0.15, 0.2) is 5.69 Å². The van der Waals surface area contributed by atoms with Gasteiger partial charge in [0.1, 0.15) is 0 Å². The van der Waals surface area contributed by atoms with E-state index in [9.17, 15) is 14.7 Å². The maximum atomic E-state index is 12.1. The number of rotatable bonds is 3. The lowest BCUT2D eigenvalue weighted by Crippen LogP contribution is -2.37. The molecule has 1 aliphatic rings. The Kier molecular flexibility index (Phi) is 5.48. The van der Waals surface area contributed by atoms with Gasteiger partial charge in [0.05, 0.1) is 12.3 Å². The van der Waals surface area contributed by atoms with Crippen molar-refractivity contribution in [3.63, 3.8) is 0 Å². The molecule has 1 amide bonds. The number of aryl methyl sites for hydroxylation is 1. The van der Waals surface area contributed by atoms with E-state index in [-0.39, 0.29) is 24.6 Å². The average molecular weight is 378 g/mol. The second kappa shape index (κ2) is 7.83. The molecule has 0 bridgehead atoms. The van der Waals surface area contributed by atoms with Crippen LogP contribution >= 0.6 is 0 Å². The molecule has 1 N–H and O–H groups in total. The van der Waals surface area contributed by atoms with E-state index >= 15 is 0 Å². The second-order valence-corrected chi connectivity index (χ2v) is 6.75. The lowest BCUT2D eigenvalue weighted by molar-refractivity contribution is -0.137. The standard InChI is InChI=1S/C22H22N2O4/c1-4-28-20(25)19-15(2)8-9-18(23-19)17-7-5-6-16(14-17)10-11-22(27)12-13-24(3)21(22)26/h5-9,14,27H,4,12-13H2,1-3H3/t22-/m0/s1. The van der Waals surface area contributed by atoms with Crippen LogP contribution in [0.15, 0.2) is 36.4 Å². The highest BCUT2D eigenvalue weighted by atomic mass is 16.5. The zero-order valence-electron chi connectivity index (χ0n) is 16.2. The first-order valence-electron chi connectivity index (χ1n) is 9.10. The van der Waals surface area contributed by atoms with Gasteiger partial charge in [-0.2, -0.15) is 0 Å². The van der Waals surface area contributed by atoms with Gasteiger partial charge < -0.3 is 14.7 Å². The molecule has 0 aliphatic carbocycles. The number of carbonyl (C=O) groups is 2. The molecule has 2 heterocycles. The Bertz CT molecular complexity index is 990. The van der Waals surface area contributed by atoms with Crippen molar-refractivity contribution in [2.45, 2.75) is 25.9 Å². The molecule has 144 valence electrons. The highest BCUT2D eigenvalue weighted by Crippen LogP contribution is 2.23. The smallest absolute Gasteiger partial charge is 0.357 e. The second-order valence-electron chi connectivity index (χ2n) is 6.75. The molecule has 1 atom stereocenters. The van der Waals surface area contributed by atoms with Crippen molar-refractivity contribution in [2.75, 3.05) is 20.2 Å². The first-order valence-corrected chi connectivity index (χ1v) is 9.10. The summed E-state index contributed by atoms with van der Waals surface area (Å²) in [5.74, 6) is 4.76. The highest BCUT2D eigenvalue weighted by Gasteiger charge is 2.42. The maximum Gasteiger partial charge on any atom is 0.357 e. The number of likely N-dealkylation sites (N-methyl/N-ethyl adjacent to an activating group) is 1. The zero-order valence-corrected chi connectivity index (χ0v) is 16.2. The van der Waals surface area contributed by atoms with Crippen LogP contribution in [0.1, 0.15) is 35.0 Å². The summed E-state index contributed by atoms with van der Waals surface area (Å²) in [5.41, 5.74) is 1.43. The molecule has 6 nitrogen and oxygen atoms in total. The summed E-state index contributed by atoms with van der Waals surface area (Å²) in [6.07, 6.45) is 0.289. The van der Waals surface area contributed by atoms with Gasteiger partial charge in [-0.25, -0.2) is 9.78 Å². The number of likely N-dealkylation sites (tertiary alicyclic amines) is 1. The molecule has 28 heavy (non-hydrogen) atoms. The minimum Gasteiger partial charge on any atom is -0.461 e. The van der Waals surface area contributed by atoms with Crippen molar-refractivity contribution < 1.29 is 19.4 Å². The van der Waals surface area contributed by atoms with Gasteiger partial charge in [0.2, 0.25) is 5.60 Å². The number of hydrogen-bond acceptors (Lipinski definition) is 5. The summed E-state index contributed by atoms with van der Waals surface area (Å²) in [6, 6.07) is 10.9. The topological polar surface area (TPSA) is 79.7 Å². The van der Waals surface area contributed by atoms with Gasteiger partial charge in [0.25, 0.3) is 5.91 Å². The number of pyridine rings is 1. The molecular weight excluding hydrogens is 356 g/mol. The Balaban J connectivity index is 1.91. The van der Waals surface area contributed by atoms with Crippen LogP contribution in [-0.4, -0.2) is 52.7 Å². The van der Waals surface area contributed by atoms with E-state index in [0.29, 0.717) is 17.8 Å². The minimum absolute atomic E-state index is 0.282. The normalized spacial score (nSPS) is 18.6. The van der Waals surface area contributed by atoms with E-state index in [4.69, 9.17) is 4.74 Å². The van der Waals surface area contributed by atoms with Crippen molar-refractivity contribution in [1.82, 2.24) is 9.88 Å². The lowest BCUT2D eigenvalue weighted by Gasteiger charge is -2.13. The Hall–Kier alpha value is -3.17. The van der Waals surface area contributed by atoms with Gasteiger partial charge in [-0.15, -0.1) is 0 Å². The highest BCUT2D eigenvalue weighted by molar-refractivity contribution is 5.91. The fraction of sp³-hybridized carbons (Fsp3) is 0.318. The Morgan fingerprint density at radius 1 is 1.36 bits per heavy atom. The number of aliphatic hydroxyl groups is 1. The van der Waals surface area contributed by atoms with Crippen molar-refractivity contribution in [1.29, 1.82) is 0 Å². The summed E-state index contributed by atoms with van der Waals surface area (Å²) in [6.45, 7) is 4.32. The number of ether oxygens (including phenoxy) is 1. The first kappa shape index (κ1) is 19.6. The molecule has 1 aliphatic heterocycles. The number of carbonyl (C=O) groups excluding carboxylic acids is 2. The minimum atomic E-state index is -1.63. The maximum absolute atomic E-state index is 12.1. The molecule has 0 saturated carbocycles. The predicted molar refractivity (Wildman–Crippen MR) is 104 cm³/mol. The number of nitrogens with zero attached hydrogens (tertiary/aromatic N) is 2. The first-order chi connectivity index (χ1) is 13.3. The van der Waals surface area contributed by atoms with Crippen LogP contribution in [0.5, 0.6) is 0 Å². The average Bonchev–Trinajstić information content (AvgIpc) is 2.95. The van der Waals surface area contributed by atoms with Crippen LogP contribution in [0.3, 0.4) is 0 Å². The number of aromatic nitrogens is 1. The van der Waals surface area contributed by atoms with Gasteiger partial charge in [-0.1, -0.05) is 30.0 Å². The van der Waals surface area contributed by atoms with E-state index in [0.717, 1.165) is 11.1 Å². The van der Waals surface area contributed by atoms with Gasteiger partial charge >= 0.3 is 5.97 Å². The van der Waals surface area contributed by atoms with Crippen LogP contribution < -0.4 is 0 Å². The van der Waals surface area contributed by atoms with E-state index in [1.165, 1.54) is 4.90 Å². The zero-order chi connectivity index (χ0) is 20.3.